The Morgan fingerprint density at radius 1 is 1.17 bits per heavy atom. The molecule has 0 bridgehead atoms. The third-order valence-corrected chi connectivity index (χ3v) is 3.35. The number of nitro benzene ring substituents is 1. The number of hydrogen-bond acceptors (Lipinski definition) is 4. The Kier molecular flexibility index (Phi) is 4.70. The van der Waals surface area contributed by atoms with Crippen LogP contribution in [0.2, 0.25) is 0 Å². The van der Waals surface area contributed by atoms with E-state index in [1.165, 1.54) is 25.1 Å². The fraction of sp³-hybridized carbons (Fsp3) is 0.125. The molecule has 7 nitrogen and oxygen atoms in total. The van der Waals surface area contributed by atoms with Gasteiger partial charge in [0.05, 0.1) is 4.92 Å². The summed E-state index contributed by atoms with van der Waals surface area (Å²) in [6.45, 7) is 1.54. The summed E-state index contributed by atoms with van der Waals surface area (Å²) in [4.78, 5) is 34.2. The largest absolute Gasteiger partial charge is 0.368 e. The van der Waals surface area contributed by atoms with Gasteiger partial charge in [0.2, 0.25) is 5.91 Å². The first-order valence-electron chi connectivity index (χ1n) is 6.80. The van der Waals surface area contributed by atoms with Gasteiger partial charge in [-0.1, -0.05) is 30.3 Å². The third kappa shape index (κ3) is 3.70. The standard InChI is InChI=1S/C16H15N3O4/c1-10-9-12(7-8-13(10)19(22)23)16(21)18-14(15(17)20)11-5-3-2-4-6-11/h2-9,14H,1H3,(H2,17,20)(H,18,21). The van der Waals surface area contributed by atoms with E-state index in [4.69, 9.17) is 5.73 Å². The van der Waals surface area contributed by atoms with Gasteiger partial charge in [-0.25, -0.2) is 0 Å². The van der Waals surface area contributed by atoms with Crippen LogP contribution in [0.25, 0.3) is 0 Å². The summed E-state index contributed by atoms with van der Waals surface area (Å²) >= 11 is 0. The second kappa shape index (κ2) is 6.69. The first kappa shape index (κ1) is 16.2. The lowest BCUT2D eigenvalue weighted by Gasteiger charge is -2.16. The summed E-state index contributed by atoms with van der Waals surface area (Å²) in [5, 5.41) is 13.3. The van der Waals surface area contributed by atoms with Crippen LogP contribution in [0.15, 0.2) is 48.5 Å². The van der Waals surface area contributed by atoms with Crippen LogP contribution >= 0.6 is 0 Å². The molecular weight excluding hydrogens is 298 g/mol. The summed E-state index contributed by atoms with van der Waals surface area (Å²) in [7, 11) is 0. The van der Waals surface area contributed by atoms with E-state index < -0.39 is 22.8 Å². The van der Waals surface area contributed by atoms with Crippen molar-refractivity contribution in [3.05, 3.63) is 75.3 Å². The molecule has 1 atom stereocenters. The number of rotatable bonds is 5. The molecule has 0 aliphatic rings. The predicted molar refractivity (Wildman–Crippen MR) is 83.7 cm³/mol. The van der Waals surface area contributed by atoms with Crippen molar-refractivity contribution in [1.82, 2.24) is 5.32 Å². The van der Waals surface area contributed by atoms with Gasteiger partial charge in [0.15, 0.2) is 0 Å². The summed E-state index contributed by atoms with van der Waals surface area (Å²) in [6, 6.07) is 11.6. The molecule has 0 fully saturated rings. The molecule has 0 saturated carbocycles. The molecule has 1 unspecified atom stereocenters. The SMILES string of the molecule is Cc1cc(C(=O)NC(C(N)=O)c2ccccc2)ccc1[N+](=O)[O-]. The minimum Gasteiger partial charge on any atom is -0.368 e. The molecule has 7 heteroatoms. The van der Waals surface area contributed by atoms with Crippen LogP contribution in [0.5, 0.6) is 0 Å². The minimum absolute atomic E-state index is 0.0731. The first-order chi connectivity index (χ1) is 10.9. The van der Waals surface area contributed by atoms with Crippen molar-refractivity contribution < 1.29 is 14.5 Å². The Morgan fingerprint density at radius 3 is 2.35 bits per heavy atom. The van der Waals surface area contributed by atoms with Crippen LogP contribution in [0.4, 0.5) is 5.69 Å². The monoisotopic (exact) mass is 313 g/mol. The smallest absolute Gasteiger partial charge is 0.272 e. The molecule has 23 heavy (non-hydrogen) atoms. The highest BCUT2D eigenvalue weighted by molar-refractivity contribution is 5.98. The molecular formula is C16H15N3O4. The highest BCUT2D eigenvalue weighted by Crippen LogP contribution is 2.19. The summed E-state index contributed by atoms with van der Waals surface area (Å²) in [6.07, 6.45) is 0. The number of benzene rings is 2. The number of nitrogens with zero attached hydrogens (tertiary/aromatic N) is 1. The second-order valence-electron chi connectivity index (χ2n) is 4.98. The lowest BCUT2D eigenvalue weighted by Crippen LogP contribution is -2.37. The number of aryl methyl sites for hydroxylation is 1. The van der Waals surface area contributed by atoms with Gasteiger partial charge in [0, 0.05) is 17.2 Å². The number of carbonyl (C=O) groups is 2. The number of primary amides is 1. The molecule has 0 saturated heterocycles. The zero-order valence-corrected chi connectivity index (χ0v) is 12.4. The van der Waals surface area contributed by atoms with Crippen LogP contribution in [0.3, 0.4) is 0 Å². The van der Waals surface area contributed by atoms with Gasteiger partial charge in [0.1, 0.15) is 6.04 Å². The van der Waals surface area contributed by atoms with Crippen molar-refractivity contribution in [2.24, 2.45) is 5.73 Å². The van der Waals surface area contributed by atoms with Crippen LogP contribution in [-0.2, 0) is 4.79 Å². The number of carbonyl (C=O) groups excluding carboxylic acids is 2. The predicted octanol–water partition coefficient (Wildman–Crippen LogP) is 1.86. The average molecular weight is 313 g/mol. The Bertz CT molecular complexity index is 759. The number of nitro groups is 1. The zero-order chi connectivity index (χ0) is 17.0. The average Bonchev–Trinajstić information content (AvgIpc) is 2.52. The molecule has 0 aromatic heterocycles. The maximum atomic E-state index is 12.3. The summed E-state index contributed by atoms with van der Waals surface area (Å²) < 4.78 is 0. The Labute approximate surface area is 132 Å². The van der Waals surface area contributed by atoms with E-state index in [9.17, 15) is 19.7 Å². The maximum absolute atomic E-state index is 12.3. The first-order valence-corrected chi connectivity index (χ1v) is 6.80. The third-order valence-electron chi connectivity index (χ3n) is 3.35. The van der Waals surface area contributed by atoms with Crippen molar-refractivity contribution >= 4 is 17.5 Å². The highest BCUT2D eigenvalue weighted by atomic mass is 16.6. The fourth-order valence-electron chi connectivity index (χ4n) is 2.18. The Balaban J connectivity index is 2.24. The molecule has 3 N–H and O–H groups in total. The van der Waals surface area contributed by atoms with Crippen LogP contribution < -0.4 is 11.1 Å². The van der Waals surface area contributed by atoms with Gasteiger partial charge >= 0.3 is 0 Å². The van der Waals surface area contributed by atoms with E-state index in [2.05, 4.69) is 5.32 Å². The summed E-state index contributed by atoms with van der Waals surface area (Å²) in [5.41, 5.74) is 6.41. The number of nitrogens with one attached hydrogen (secondary N) is 1. The van der Waals surface area contributed by atoms with E-state index in [0.29, 0.717) is 11.1 Å². The molecule has 0 aliphatic heterocycles. The van der Waals surface area contributed by atoms with Crippen LogP contribution in [0, 0.1) is 17.0 Å². The van der Waals surface area contributed by atoms with E-state index in [0.717, 1.165) is 0 Å². The minimum atomic E-state index is -0.973. The molecule has 0 spiro atoms. The number of amides is 2. The Morgan fingerprint density at radius 2 is 1.83 bits per heavy atom. The van der Waals surface area contributed by atoms with Crippen LogP contribution in [0.1, 0.15) is 27.5 Å². The lowest BCUT2D eigenvalue weighted by molar-refractivity contribution is -0.385. The number of hydrogen-bond donors (Lipinski definition) is 2. The Hall–Kier alpha value is -3.22. The van der Waals surface area contributed by atoms with E-state index in [1.807, 2.05) is 0 Å². The molecule has 118 valence electrons. The zero-order valence-electron chi connectivity index (χ0n) is 12.4. The normalized spacial score (nSPS) is 11.5. The highest BCUT2D eigenvalue weighted by Gasteiger charge is 2.21. The van der Waals surface area contributed by atoms with Gasteiger partial charge in [-0.3, -0.25) is 19.7 Å². The molecule has 2 amide bonds. The van der Waals surface area contributed by atoms with Crippen molar-refractivity contribution in [2.75, 3.05) is 0 Å². The molecule has 2 aromatic carbocycles. The van der Waals surface area contributed by atoms with E-state index in [-0.39, 0.29) is 11.3 Å². The molecule has 0 heterocycles. The molecule has 0 radical (unpaired) electrons. The van der Waals surface area contributed by atoms with Crippen molar-refractivity contribution in [1.29, 1.82) is 0 Å². The van der Waals surface area contributed by atoms with Crippen molar-refractivity contribution in [2.45, 2.75) is 13.0 Å². The molecule has 2 rings (SSSR count). The van der Waals surface area contributed by atoms with Crippen molar-refractivity contribution in [3.63, 3.8) is 0 Å². The van der Waals surface area contributed by atoms with Crippen LogP contribution in [-0.4, -0.2) is 16.7 Å². The molecule has 2 aromatic rings. The quantitative estimate of drug-likeness (QED) is 0.647. The number of nitrogens with two attached hydrogens (primary N) is 1. The lowest BCUT2D eigenvalue weighted by atomic mass is 10.0. The van der Waals surface area contributed by atoms with Crippen molar-refractivity contribution in [3.8, 4) is 0 Å². The van der Waals surface area contributed by atoms with Gasteiger partial charge in [-0.2, -0.15) is 0 Å². The topological polar surface area (TPSA) is 115 Å². The second-order valence-corrected chi connectivity index (χ2v) is 4.98. The van der Waals surface area contributed by atoms with Gasteiger partial charge in [-0.15, -0.1) is 0 Å². The van der Waals surface area contributed by atoms with E-state index >= 15 is 0 Å². The van der Waals surface area contributed by atoms with Gasteiger partial charge in [-0.05, 0) is 24.6 Å². The molecule has 0 aliphatic carbocycles. The van der Waals surface area contributed by atoms with Gasteiger partial charge < -0.3 is 11.1 Å². The fourth-order valence-corrected chi connectivity index (χ4v) is 2.18. The van der Waals surface area contributed by atoms with E-state index in [1.54, 1.807) is 30.3 Å². The van der Waals surface area contributed by atoms with Gasteiger partial charge in [0.25, 0.3) is 11.6 Å². The summed E-state index contributed by atoms with van der Waals surface area (Å²) in [5.74, 6) is -1.22. The maximum Gasteiger partial charge on any atom is 0.272 e.